The van der Waals surface area contributed by atoms with Crippen molar-refractivity contribution in [3.63, 3.8) is 0 Å². The predicted octanol–water partition coefficient (Wildman–Crippen LogP) is 1.24. The molecule has 4 heteroatoms. The lowest BCUT2D eigenvalue weighted by Crippen LogP contribution is -2.43. The molecule has 14 heavy (non-hydrogen) atoms. The first-order valence-electron chi connectivity index (χ1n) is 4.81. The number of hydrogen-bond donors (Lipinski definition) is 1. The second-order valence-corrected chi connectivity index (χ2v) is 3.87. The first-order chi connectivity index (χ1) is 6.52. The normalized spacial score (nSPS) is 32.6. The van der Waals surface area contributed by atoms with Gasteiger partial charge in [-0.15, -0.1) is 0 Å². The summed E-state index contributed by atoms with van der Waals surface area (Å²) in [5, 5.41) is 8.79. The minimum Gasteiger partial charge on any atom is -0.481 e. The van der Waals surface area contributed by atoms with E-state index in [1.54, 1.807) is 0 Å². The highest BCUT2D eigenvalue weighted by Crippen LogP contribution is 2.35. The molecule has 1 aliphatic carbocycles. The number of aliphatic carboxylic acids is 1. The van der Waals surface area contributed by atoms with Crippen LogP contribution in [0.4, 0.5) is 0 Å². The summed E-state index contributed by atoms with van der Waals surface area (Å²) in [6.07, 6.45) is 2.11. The van der Waals surface area contributed by atoms with Crippen molar-refractivity contribution in [1.29, 1.82) is 0 Å². The summed E-state index contributed by atoms with van der Waals surface area (Å²) < 4.78 is 5.23. The monoisotopic (exact) mass is 200 g/mol. The van der Waals surface area contributed by atoms with Crippen LogP contribution in [0.5, 0.6) is 0 Å². The lowest BCUT2D eigenvalue weighted by atomic mass is 9.77. The third kappa shape index (κ3) is 1.95. The molecule has 0 atom stereocenters. The number of carbonyl (C=O) groups is 2. The largest absolute Gasteiger partial charge is 0.481 e. The first kappa shape index (κ1) is 11.2. The van der Waals surface area contributed by atoms with Crippen molar-refractivity contribution < 1.29 is 19.4 Å². The Balaban J connectivity index is 2.64. The molecule has 1 saturated carbocycles. The molecule has 0 amide bonds. The van der Waals surface area contributed by atoms with Crippen molar-refractivity contribution in [2.45, 2.75) is 38.2 Å². The third-order valence-corrected chi connectivity index (χ3v) is 3.17. The van der Waals surface area contributed by atoms with Crippen molar-refractivity contribution in [2.24, 2.45) is 5.92 Å². The van der Waals surface area contributed by atoms with Crippen LogP contribution in [0.25, 0.3) is 0 Å². The van der Waals surface area contributed by atoms with Gasteiger partial charge in [0.2, 0.25) is 0 Å². The van der Waals surface area contributed by atoms with E-state index in [0.29, 0.717) is 25.7 Å². The first-order valence-corrected chi connectivity index (χ1v) is 4.81. The zero-order chi connectivity index (χ0) is 10.8. The molecule has 0 aromatic rings. The van der Waals surface area contributed by atoms with Crippen molar-refractivity contribution in [3.05, 3.63) is 0 Å². The summed E-state index contributed by atoms with van der Waals surface area (Å²) in [6, 6.07) is 0. The van der Waals surface area contributed by atoms with Gasteiger partial charge in [0.05, 0.1) is 5.92 Å². The predicted molar refractivity (Wildman–Crippen MR) is 50.0 cm³/mol. The van der Waals surface area contributed by atoms with Gasteiger partial charge in [0.25, 0.3) is 0 Å². The van der Waals surface area contributed by atoms with Gasteiger partial charge in [-0.3, -0.25) is 9.59 Å². The maximum Gasteiger partial charge on any atom is 0.306 e. The van der Waals surface area contributed by atoms with Gasteiger partial charge in [-0.2, -0.15) is 0 Å². The number of methoxy groups -OCH3 is 1. The summed E-state index contributed by atoms with van der Waals surface area (Å²) in [7, 11) is 1.52. The fourth-order valence-corrected chi connectivity index (χ4v) is 2.03. The second-order valence-electron chi connectivity index (χ2n) is 3.87. The van der Waals surface area contributed by atoms with Crippen LogP contribution in [0.2, 0.25) is 0 Å². The second kappa shape index (κ2) is 4.09. The highest BCUT2D eigenvalue weighted by Gasteiger charge is 2.41. The third-order valence-electron chi connectivity index (χ3n) is 3.17. The molecular weight excluding hydrogens is 184 g/mol. The summed E-state index contributed by atoms with van der Waals surface area (Å²) in [4.78, 5) is 22.1. The lowest BCUT2D eigenvalue weighted by Gasteiger charge is -2.35. The molecule has 0 aromatic heterocycles. The molecule has 0 spiro atoms. The molecule has 0 aliphatic heterocycles. The zero-order valence-electron chi connectivity index (χ0n) is 8.58. The molecule has 1 fully saturated rings. The van der Waals surface area contributed by atoms with Gasteiger partial charge in [0.15, 0.2) is 5.78 Å². The van der Waals surface area contributed by atoms with E-state index in [0.717, 1.165) is 0 Å². The van der Waals surface area contributed by atoms with Crippen LogP contribution in [0, 0.1) is 5.92 Å². The summed E-state index contributed by atoms with van der Waals surface area (Å²) >= 11 is 0. The number of ether oxygens (including phenoxy) is 1. The Morgan fingerprint density at radius 2 is 1.86 bits per heavy atom. The molecule has 1 N–H and O–H groups in total. The summed E-state index contributed by atoms with van der Waals surface area (Å²) in [5.41, 5.74) is -0.716. The standard InChI is InChI=1S/C10H16O4/c1-7(11)10(14-2)5-3-8(4-6-10)9(12)13/h8H,3-6H2,1-2H3,(H,12,13)/t8-,10-. The Hall–Kier alpha value is -0.900. The van der Waals surface area contributed by atoms with Crippen molar-refractivity contribution in [2.75, 3.05) is 7.11 Å². The average Bonchev–Trinajstić information content (AvgIpc) is 2.17. The van der Waals surface area contributed by atoms with Gasteiger partial charge in [0, 0.05) is 7.11 Å². The maximum absolute atomic E-state index is 11.4. The molecule has 1 rings (SSSR count). The van der Waals surface area contributed by atoms with Crippen LogP contribution < -0.4 is 0 Å². The SMILES string of the molecule is CO[C@]1(C(C)=O)CC[C@@H](C(=O)O)CC1. The Morgan fingerprint density at radius 3 is 2.14 bits per heavy atom. The molecule has 0 bridgehead atoms. The molecule has 80 valence electrons. The fraction of sp³-hybridized carbons (Fsp3) is 0.800. The van der Waals surface area contributed by atoms with E-state index in [2.05, 4.69) is 0 Å². The van der Waals surface area contributed by atoms with Crippen LogP contribution in [0.15, 0.2) is 0 Å². The van der Waals surface area contributed by atoms with Crippen LogP contribution >= 0.6 is 0 Å². The van der Waals surface area contributed by atoms with E-state index in [1.807, 2.05) is 0 Å². The van der Waals surface area contributed by atoms with Crippen molar-refractivity contribution in [1.82, 2.24) is 0 Å². The molecule has 0 heterocycles. The molecule has 0 aromatic carbocycles. The number of ketones is 1. The highest BCUT2D eigenvalue weighted by molar-refractivity contribution is 5.85. The number of carboxylic acid groups (broad SMARTS) is 1. The minimum absolute atomic E-state index is 0.00355. The van der Waals surface area contributed by atoms with Gasteiger partial charge in [-0.25, -0.2) is 0 Å². The molecule has 1 aliphatic rings. The van der Waals surface area contributed by atoms with Crippen LogP contribution in [0.3, 0.4) is 0 Å². The fourth-order valence-electron chi connectivity index (χ4n) is 2.03. The van der Waals surface area contributed by atoms with E-state index in [4.69, 9.17) is 9.84 Å². The number of rotatable bonds is 3. The molecule has 0 radical (unpaired) electrons. The number of carbonyl (C=O) groups excluding carboxylic acids is 1. The van der Waals surface area contributed by atoms with Crippen LogP contribution in [0.1, 0.15) is 32.6 Å². The summed E-state index contributed by atoms with van der Waals surface area (Å²) in [6.45, 7) is 1.50. The average molecular weight is 200 g/mol. The van der Waals surface area contributed by atoms with Gasteiger partial charge < -0.3 is 9.84 Å². The molecule has 0 unspecified atom stereocenters. The van der Waals surface area contributed by atoms with E-state index in [-0.39, 0.29) is 11.7 Å². The number of Topliss-reactive ketones (excluding diaryl/α,β-unsaturated/α-hetero) is 1. The van der Waals surface area contributed by atoms with Gasteiger partial charge in [-0.05, 0) is 32.6 Å². The number of carboxylic acids is 1. The van der Waals surface area contributed by atoms with E-state index in [9.17, 15) is 9.59 Å². The van der Waals surface area contributed by atoms with E-state index >= 15 is 0 Å². The Labute approximate surface area is 83.2 Å². The quantitative estimate of drug-likeness (QED) is 0.744. The molecule has 0 saturated heterocycles. The van der Waals surface area contributed by atoms with Crippen LogP contribution in [-0.2, 0) is 14.3 Å². The topological polar surface area (TPSA) is 63.6 Å². The lowest BCUT2D eigenvalue weighted by molar-refractivity contribution is -0.152. The zero-order valence-corrected chi connectivity index (χ0v) is 8.58. The van der Waals surface area contributed by atoms with Crippen molar-refractivity contribution in [3.8, 4) is 0 Å². The Kier molecular flexibility index (Phi) is 3.26. The minimum atomic E-state index is -0.766. The number of hydrogen-bond acceptors (Lipinski definition) is 3. The van der Waals surface area contributed by atoms with Crippen LogP contribution in [-0.4, -0.2) is 29.6 Å². The van der Waals surface area contributed by atoms with Gasteiger partial charge >= 0.3 is 5.97 Å². The molecule has 4 nitrogen and oxygen atoms in total. The van der Waals surface area contributed by atoms with E-state index in [1.165, 1.54) is 14.0 Å². The Bertz CT molecular complexity index is 239. The molecular formula is C10H16O4. The Morgan fingerprint density at radius 1 is 1.36 bits per heavy atom. The van der Waals surface area contributed by atoms with Gasteiger partial charge in [0.1, 0.15) is 5.60 Å². The van der Waals surface area contributed by atoms with E-state index < -0.39 is 11.6 Å². The highest BCUT2D eigenvalue weighted by atomic mass is 16.5. The van der Waals surface area contributed by atoms with Gasteiger partial charge in [-0.1, -0.05) is 0 Å². The summed E-state index contributed by atoms with van der Waals surface area (Å²) in [5.74, 6) is -1.07. The smallest absolute Gasteiger partial charge is 0.306 e. The van der Waals surface area contributed by atoms with Crippen molar-refractivity contribution >= 4 is 11.8 Å². The maximum atomic E-state index is 11.4.